The summed E-state index contributed by atoms with van der Waals surface area (Å²) < 4.78 is 0. The van der Waals surface area contributed by atoms with Crippen LogP contribution in [0.2, 0.25) is 0 Å². The normalized spacial score (nSPS) is 16.5. The molecular weight excluding hydrogens is 220 g/mol. The van der Waals surface area contributed by atoms with Crippen molar-refractivity contribution in [3.8, 4) is 0 Å². The second-order valence-electron chi connectivity index (χ2n) is 5.95. The molecule has 0 fully saturated rings. The van der Waals surface area contributed by atoms with Crippen molar-refractivity contribution in [3.63, 3.8) is 0 Å². The van der Waals surface area contributed by atoms with Crippen LogP contribution in [0, 0.1) is 11.8 Å². The van der Waals surface area contributed by atoms with Crippen LogP contribution < -0.4 is 0 Å². The summed E-state index contributed by atoms with van der Waals surface area (Å²) in [7, 11) is 0. The molecule has 0 aliphatic rings. The Morgan fingerprint density at radius 1 is 1.17 bits per heavy atom. The highest BCUT2D eigenvalue weighted by atomic mass is 16.3. The molecule has 1 N–H and O–H groups in total. The summed E-state index contributed by atoms with van der Waals surface area (Å²) in [6.07, 6.45) is 12.0. The molecule has 0 saturated heterocycles. The molecule has 0 aromatic carbocycles. The average molecular weight is 252 g/mol. The van der Waals surface area contributed by atoms with E-state index in [1.54, 1.807) is 0 Å². The molecule has 0 aliphatic heterocycles. The van der Waals surface area contributed by atoms with Gasteiger partial charge in [-0.05, 0) is 31.6 Å². The number of allylic oxidation sites excluding steroid dienone is 3. The van der Waals surface area contributed by atoms with Crippen LogP contribution in [0.3, 0.4) is 0 Å². The molecular formula is C17H32O. The highest BCUT2D eigenvalue weighted by Gasteiger charge is 2.01. The number of rotatable bonds is 9. The summed E-state index contributed by atoms with van der Waals surface area (Å²) in [5, 5.41) is 9.49. The van der Waals surface area contributed by atoms with Crippen molar-refractivity contribution in [2.45, 2.75) is 72.8 Å². The van der Waals surface area contributed by atoms with Crippen LogP contribution >= 0.6 is 0 Å². The molecule has 1 heteroatoms. The van der Waals surface area contributed by atoms with Gasteiger partial charge in [-0.15, -0.1) is 0 Å². The Bertz CT molecular complexity index is 250. The van der Waals surface area contributed by atoms with Gasteiger partial charge in [0, 0.05) is 0 Å². The number of aliphatic hydroxyl groups excluding tert-OH is 1. The van der Waals surface area contributed by atoms with Crippen LogP contribution in [0.25, 0.3) is 0 Å². The van der Waals surface area contributed by atoms with Crippen LogP contribution in [0.15, 0.2) is 23.8 Å². The quantitative estimate of drug-likeness (QED) is 0.565. The van der Waals surface area contributed by atoms with E-state index in [0.29, 0.717) is 0 Å². The second-order valence-corrected chi connectivity index (χ2v) is 5.95. The second kappa shape index (κ2) is 10.4. The molecule has 0 saturated carbocycles. The molecule has 0 aliphatic carbocycles. The number of hydrogen-bond acceptors (Lipinski definition) is 1. The SMILES string of the molecule is CCC(O)C=C(C)C=CCC(C)CCCC(C)C. The van der Waals surface area contributed by atoms with Gasteiger partial charge in [0.25, 0.3) is 0 Å². The lowest BCUT2D eigenvalue weighted by molar-refractivity contribution is 0.218. The third-order valence-corrected chi connectivity index (χ3v) is 3.27. The Labute approximate surface area is 114 Å². The molecule has 18 heavy (non-hydrogen) atoms. The van der Waals surface area contributed by atoms with Gasteiger partial charge >= 0.3 is 0 Å². The van der Waals surface area contributed by atoms with Gasteiger partial charge in [0.15, 0.2) is 0 Å². The molecule has 0 radical (unpaired) electrons. The summed E-state index contributed by atoms with van der Waals surface area (Å²) in [6, 6.07) is 0. The molecule has 1 nitrogen and oxygen atoms in total. The summed E-state index contributed by atoms with van der Waals surface area (Å²) in [6.45, 7) is 11.0. The van der Waals surface area contributed by atoms with Gasteiger partial charge in [-0.1, -0.05) is 70.8 Å². The first-order valence-corrected chi connectivity index (χ1v) is 7.48. The standard InChI is InChI=1S/C17H32O/c1-6-17(18)13-16(5)12-8-11-15(4)10-7-9-14(2)3/h8,12-15,17-18H,6-7,9-11H2,1-5H3. The van der Waals surface area contributed by atoms with Gasteiger partial charge in [0.05, 0.1) is 6.10 Å². The molecule has 0 heterocycles. The number of aliphatic hydroxyl groups is 1. The number of hydrogen-bond donors (Lipinski definition) is 1. The predicted octanol–water partition coefficient (Wildman–Crippen LogP) is 5.11. The topological polar surface area (TPSA) is 20.2 Å². The third-order valence-electron chi connectivity index (χ3n) is 3.27. The molecule has 0 spiro atoms. The fourth-order valence-corrected chi connectivity index (χ4v) is 1.96. The maximum Gasteiger partial charge on any atom is 0.0723 e. The van der Waals surface area contributed by atoms with Gasteiger partial charge in [-0.25, -0.2) is 0 Å². The highest BCUT2D eigenvalue weighted by Crippen LogP contribution is 2.16. The van der Waals surface area contributed by atoms with E-state index in [0.717, 1.165) is 24.7 Å². The minimum atomic E-state index is -0.293. The maximum absolute atomic E-state index is 9.49. The molecule has 0 rings (SSSR count). The average Bonchev–Trinajstić information content (AvgIpc) is 2.28. The molecule has 0 bridgehead atoms. The summed E-state index contributed by atoms with van der Waals surface area (Å²) >= 11 is 0. The first-order chi connectivity index (χ1) is 8.45. The van der Waals surface area contributed by atoms with Crippen molar-refractivity contribution in [2.24, 2.45) is 11.8 Å². The zero-order valence-corrected chi connectivity index (χ0v) is 12.9. The summed E-state index contributed by atoms with van der Waals surface area (Å²) in [5.74, 6) is 1.59. The van der Waals surface area contributed by atoms with Crippen molar-refractivity contribution >= 4 is 0 Å². The van der Waals surface area contributed by atoms with Crippen LogP contribution in [-0.4, -0.2) is 11.2 Å². The lowest BCUT2D eigenvalue weighted by Gasteiger charge is -2.09. The minimum Gasteiger partial charge on any atom is -0.389 e. The Hall–Kier alpha value is -0.560. The minimum absolute atomic E-state index is 0.293. The monoisotopic (exact) mass is 252 g/mol. The Morgan fingerprint density at radius 2 is 1.83 bits per heavy atom. The fourth-order valence-electron chi connectivity index (χ4n) is 1.96. The highest BCUT2D eigenvalue weighted by molar-refractivity contribution is 5.17. The van der Waals surface area contributed by atoms with E-state index in [1.165, 1.54) is 24.8 Å². The summed E-state index contributed by atoms with van der Waals surface area (Å²) in [5.41, 5.74) is 1.17. The zero-order valence-electron chi connectivity index (χ0n) is 12.9. The van der Waals surface area contributed by atoms with E-state index >= 15 is 0 Å². The van der Waals surface area contributed by atoms with Crippen molar-refractivity contribution < 1.29 is 5.11 Å². The first kappa shape index (κ1) is 17.4. The van der Waals surface area contributed by atoms with Crippen LogP contribution in [-0.2, 0) is 0 Å². The molecule has 0 amide bonds. The Morgan fingerprint density at radius 3 is 2.39 bits per heavy atom. The predicted molar refractivity (Wildman–Crippen MR) is 81.7 cm³/mol. The molecule has 0 aromatic heterocycles. The smallest absolute Gasteiger partial charge is 0.0723 e. The van der Waals surface area contributed by atoms with Gasteiger partial charge in [-0.3, -0.25) is 0 Å². The van der Waals surface area contributed by atoms with Gasteiger partial charge in [0.1, 0.15) is 0 Å². The lowest BCUT2D eigenvalue weighted by Crippen LogP contribution is -1.99. The van der Waals surface area contributed by atoms with Gasteiger partial charge in [-0.2, -0.15) is 0 Å². The van der Waals surface area contributed by atoms with Crippen LogP contribution in [0.5, 0.6) is 0 Å². The third kappa shape index (κ3) is 10.6. The van der Waals surface area contributed by atoms with E-state index in [-0.39, 0.29) is 6.10 Å². The van der Waals surface area contributed by atoms with Crippen molar-refractivity contribution in [3.05, 3.63) is 23.8 Å². The lowest BCUT2D eigenvalue weighted by atomic mass is 9.97. The molecule has 2 unspecified atom stereocenters. The van der Waals surface area contributed by atoms with E-state index in [1.807, 2.05) is 13.0 Å². The van der Waals surface area contributed by atoms with Crippen LogP contribution in [0.1, 0.15) is 66.7 Å². The molecule has 0 aromatic rings. The van der Waals surface area contributed by atoms with Crippen molar-refractivity contribution in [1.29, 1.82) is 0 Å². The molecule has 106 valence electrons. The van der Waals surface area contributed by atoms with E-state index in [2.05, 4.69) is 39.8 Å². The van der Waals surface area contributed by atoms with E-state index in [9.17, 15) is 5.11 Å². The first-order valence-electron chi connectivity index (χ1n) is 7.48. The Kier molecular flexibility index (Phi) is 10.0. The van der Waals surface area contributed by atoms with Gasteiger partial charge in [0.2, 0.25) is 0 Å². The zero-order chi connectivity index (χ0) is 14.0. The maximum atomic E-state index is 9.49. The Balaban J connectivity index is 3.83. The van der Waals surface area contributed by atoms with E-state index < -0.39 is 0 Å². The van der Waals surface area contributed by atoms with E-state index in [4.69, 9.17) is 0 Å². The summed E-state index contributed by atoms with van der Waals surface area (Å²) in [4.78, 5) is 0. The van der Waals surface area contributed by atoms with Crippen LogP contribution in [0.4, 0.5) is 0 Å². The largest absolute Gasteiger partial charge is 0.389 e. The fraction of sp³-hybridized carbons (Fsp3) is 0.765. The molecule has 2 atom stereocenters. The van der Waals surface area contributed by atoms with Gasteiger partial charge < -0.3 is 5.11 Å². The van der Waals surface area contributed by atoms with Crippen molar-refractivity contribution in [2.75, 3.05) is 0 Å². The van der Waals surface area contributed by atoms with Crippen molar-refractivity contribution in [1.82, 2.24) is 0 Å².